The Hall–Kier alpha value is -1.04. The largest absolute Gasteiger partial charge is 0.379 e. The van der Waals surface area contributed by atoms with Crippen LogP contribution in [0.1, 0.15) is 17.4 Å². The summed E-state index contributed by atoms with van der Waals surface area (Å²) in [6.45, 7) is 5.89. The molecule has 0 aliphatic carbocycles. The van der Waals surface area contributed by atoms with Crippen molar-refractivity contribution in [1.29, 1.82) is 0 Å². The molecule has 0 radical (unpaired) electrons. The summed E-state index contributed by atoms with van der Waals surface area (Å²) in [5, 5.41) is 0. The maximum Gasteiger partial charge on any atom is 0.125 e. The Balaban J connectivity index is 2.11. The van der Waals surface area contributed by atoms with Gasteiger partial charge in [-0.2, -0.15) is 0 Å². The smallest absolute Gasteiger partial charge is 0.125 e. The van der Waals surface area contributed by atoms with Gasteiger partial charge in [0.2, 0.25) is 0 Å². The molecule has 1 atom stereocenters. The van der Waals surface area contributed by atoms with Crippen LogP contribution in [0.3, 0.4) is 0 Å². The Kier molecular flexibility index (Phi) is 3.82. The van der Waals surface area contributed by atoms with E-state index in [9.17, 15) is 0 Å². The van der Waals surface area contributed by atoms with Gasteiger partial charge in [0, 0.05) is 37.6 Å². The monoisotopic (exact) mass is 222 g/mol. The third-order valence-corrected chi connectivity index (χ3v) is 2.90. The average Bonchev–Trinajstić information content (AvgIpc) is 2.34. The van der Waals surface area contributed by atoms with E-state index in [1.807, 2.05) is 19.3 Å². The van der Waals surface area contributed by atoms with E-state index < -0.39 is 0 Å². The number of nitrogens with zero attached hydrogens (tertiary/aromatic N) is 3. The number of nitrogens with two attached hydrogens (primary N) is 1. The van der Waals surface area contributed by atoms with Crippen molar-refractivity contribution in [2.24, 2.45) is 5.73 Å². The zero-order valence-electron chi connectivity index (χ0n) is 9.59. The van der Waals surface area contributed by atoms with Gasteiger partial charge in [-0.1, -0.05) is 0 Å². The van der Waals surface area contributed by atoms with E-state index in [2.05, 4.69) is 14.9 Å². The number of hydrogen-bond donors (Lipinski definition) is 1. The van der Waals surface area contributed by atoms with E-state index in [-0.39, 0.29) is 6.04 Å². The van der Waals surface area contributed by atoms with Crippen LogP contribution in [-0.2, 0) is 4.74 Å². The second-order valence-corrected chi connectivity index (χ2v) is 3.96. The van der Waals surface area contributed by atoms with Crippen LogP contribution < -0.4 is 5.73 Å². The summed E-state index contributed by atoms with van der Waals surface area (Å²) >= 11 is 0. The maximum atomic E-state index is 5.84. The lowest BCUT2D eigenvalue weighted by atomic mass is 10.1. The first kappa shape index (κ1) is 11.4. The summed E-state index contributed by atoms with van der Waals surface area (Å²) in [5.74, 6) is 0.793. The molecule has 1 aliphatic heterocycles. The van der Waals surface area contributed by atoms with Gasteiger partial charge in [0.25, 0.3) is 0 Å². The van der Waals surface area contributed by atoms with Crippen molar-refractivity contribution in [3.05, 3.63) is 23.8 Å². The van der Waals surface area contributed by atoms with E-state index in [1.54, 1.807) is 0 Å². The molecule has 1 aromatic heterocycles. The number of rotatable bonds is 3. The summed E-state index contributed by atoms with van der Waals surface area (Å²) in [6.07, 6.45) is 3.74. The van der Waals surface area contributed by atoms with Crippen LogP contribution in [-0.4, -0.2) is 47.7 Å². The van der Waals surface area contributed by atoms with Crippen molar-refractivity contribution in [2.75, 3.05) is 32.8 Å². The molecule has 5 heteroatoms. The van der Waals surface area contributed by atoms with E-state index in [4.69, 9.17) is 10.5 Å². The molecule has 0 bridgehead atoms. The molecular weight excluding hydrogens is 204 g/mol. The average molecular weight is 222 g/mol. The predicted molar refractivity (Wildman–Crippen MR) is 61.0 cm³/mol. The van der Waals surface area contributed by atoms with Crippen LogP contribution in [0.5, 0.6) is 0 Å². The zero-order valence-corrected chi connectivity index (χ0v) is 9.59. The van der Waals surface area contributed by atoms with Crippen molar-refractivity contribution in [3.8, 4) is 0 Å². The van der Waals surface area contributed by atoms with Crippen molar-refractivity contribution < 1.29 is 4.74 Å². The Morgan fingerprint density at radius 3 is 2.56 bits per heavy atom. The van der Waals surface area contributed by atoms with Crippen LogP contribution in [0.4, 0.5) is 0 Å². The minimum absolute atomic E-state index is 0.212. The molecule has 5 nitrogen and oxygen atoms in total. The van der Waals surface area contributed by atoms with Crippen LogP contribution in [0, 0.1) is 6.92 Å². The lowest BCUT2D eigenvalue weighted by molar-refractivity contribution is 0.0177. The highest BCUT2D eigenvalue weighted by atomic mass is 16.5. The molecule has 1 aromatic rings. The highest BCUT2D eigenvalue weighted by Gasteiger charge is 2.21. The Bertz CT molecular complexity index is 321. The molecule has 2 N–H and O–H groups in total. The van der Waals surface area contributed by atoms with Crippen molar-refractivity contribution in [1.82, 2.24) is 14.9 Å². The molecule has 0 aromatic carbocycles. The minimum Gasteiger partial charge on any atom is -0.379 e. The normalized spacial score (nSPS) is 19.6. The maximum absolute atomic E-state index is 5.84. The van der Waals surface area contributed by atoms with Gasteiger partial charge in [0.15, 0.2) is 0 Å². The molecule has 1 fully saturated rings. The highest BCUT2D eigenvalue weighted by Crippen LogP contribution is 2.19. The van der Waals surface area contributed by atoms with E-state index in [0.29, 0.717) is 6.54 Å². The lowest BCUT2D eigenvalue weighted by Gasteiger charge is -2.33. The first-order chi connectivity index (χ1) is 7.81. The van der Waals surface area contributed by atoms with Gasteiger partial charge in [-0.25, -0.2) is 9.97 Å². The second kappa shape index (κ2) is 5.34. The fourth-order valence-electron chi connectivity index (χ4n) is 1.96. The van der Waals surface area contributed by atoms with E-state index in [0.717, 1.165) is 37.7 Å². The van der Waals surface area contributed by atoms with Gasteiger partial charge in [-0.15, -0.1) is 0 Å². The van der Waals surface area contributed by atoms with Gasteiger partial charge in [0.05, 0.1) is 19.3 Å². The van der Waals surface area contributed by atoms with E-state index >= 15 is 0 Å². The Labute approximate surface area is 95.6 Å². The Morgan fingerprint density at radius 1 is 1.38 bits per heavy atom. The summed E-state index contributed by atoms with van der Waals surface area (Å²) in [7, 11) is 0. The molecule has 16 heavy (non-hydrogen) atoms. The van der Waals surface area contributed by atoms with Crippen LogP contribution in [0.2, 0.25) is 0 Å². The minimum atomic E-state index is 0.212. The lowest BCUT2D eigenvalue weighted by Crippen LogP contribution is -2.41. The molecule has 88 valence electrons. The molecule has 1 aliphatic rings. The standard InChI is InChI=1S/C11H18N4O/c1-9-13-7-10(8-14-9)11(6-12)15-2-4-16-5-3-15/h7-8,11H,2-6,12H2,1H3. The van der Waals surface area contributed by atoms with Gasteiger partial charge >= 0.3 is 0 Å². The molecule has 2 heterocycles. The number of ether oxygens (including phenoxy) is 1. The summed E-state index contributed by atoms with van der Waals surface area (Å²) in [4.78, 5) is 10.8. The SMILES string of the molecule is Cc1ncc(C(CN)N2CCOCC2)cn1. The highest BCUT2D eigenvalue weighted by molar-refractivity contribution is 5.11. The quantitative estimate of drug-likeness (QED) is 0.786. The summed E-state index contributed by atoms with van der Waals surface area (Å²) < 4.78 is 5.34. The van der Waals surface area contributed by atoms with Crippen LogP contribution >= 0.6 is 0 Å². The molecule has 0 saturated carbocycles. The first-order valence-corrected chi connectivity index (χ1v) is 5.61. The number of aryl methyl sites for hydroxylation is 1. The number of aromatic nitrogens is 2. The molecule has 0 amide bonds. The first-order valence-electron chi connectivity index (χ1n) is 5.61. The third kappa shape index (κ3) is 2.55. The fourth-order valence-corrected chi connectivity index (χ4v) is 1.96. The predicted octanol–water partition coefficient (Wildman–Crippen LogP) is 0.117. The fraction of sp³-hybridized carbons (Fsp3) is 0.636. The van der Waals surface area contributed by atoms with Crippen molar-refractivity contribution in [3.63, 3.8) is 0 Å². The molecule has 1 saturated heterocycles. The van der Waals surface area contributed by atoms with Crippen molar-refractivity contribution in [2.45, 2.75) is 13.0 Å². The second-order valence-electron chi connectivity index (χ2n) is 3.96. The van der Waals surface area contributed by atoms with Crippen LogP contribution in [0.15, 0.2) is 12.4 Å². The summed E-state index contributed by atoms with van der Waals surface area (Å²) in [5.41, 5.74) is 6.93. The van der Waals surface area contributed by atoms with Gasteiger partial charge in [-0.05, 0) is 6.92 Å². The molecule has 0 spiro atoms. The number of hydrogen-bond acceptors (Lipinski definition) is 5. The molecular formula is C11H18N4O. The van der Waals surface area contributed by atoms with Crippen LogP contribution in [0.25, 0.3) is 0 Å². The van der Waals surface area contributed by atoms with Gasteiger partial charge < -0.3 is 10.5 Å². The molecule has 1 unspecified atom stereocenters. The van der Waals surface area contributed by atoms with Gasteiger partial charge in [-0.3, -0.25) is 4.90 Å². The summed E-state index contributed by atoms with van der Waals surface area (Å²) in [6, 6.07) is 0.212. The molecule has 2 rings (SSSR count). The number of morpholine rings is 1. The Morgan fingerprint density at radius 2 is 2.00 bits per heavy atom. The van der Waals surface area contributed by atoms with Gasteiger partial charge in [0.1, 0.15) is 5.82 Å². The van der Waals surface area contributed by atoms with E-state index in [1.165, 1.54) is 0 Å². The third-order valence-electron chi connectivity index (χ3n) is 2.90. The zero-order chi connectivity index (χ0) is 11.4. The van der Waals surface area contributed by atoms with Crippen molar-refractivity contribution >= 4 is 0 Å². The topological polar surface area (TPSA) is 64.3 Å².